The molecule has 0 radical (unpaired) electrons. The number of hydrogen-bond acceptors (Lipinski definition) is 2. The molecule has 0 bridgehead atoms. The average molecular weight is 270 g/mol. The summed E-state index contributed by atoms with van der Waals surface area (Å²) in [6.07, 6.45) is 2.43. The lowest BCUT2D eigenvalue weighted by atomic mass is 9.97. The second-order valence-electron chi connectivity index (χ2n) is 4.22. The Kier molecular flexibility index (Phi) is 3.03. The van der Waals surface area contributed by atoms with Crippen LogP contribution in [0.5, 0.6) is 5.75 Å². The van der Waals surface area contributed by atoms with Crippen molar-refractivity contribution in [2.75, 3.05) is 6.54 Å². The molecular weight excluding hydrogens is 254 g/mol. The van der Waals surface area contributed by atoms with E-state index in [4.69, 9.17) is 0 Å². The maximum absolute atomic E-state index is 9.79. The third-order valence-electron chi connectivity index (χ3n) is 3.15. The van der Waals surface area contributed by atoms with Crippen LogP contribution in [-0.4, -0.2) is 11.7 Å². The monoisotopic (exact) mass is 269 g/mol. The standard InChI is InChI=1S/C12H16BrNO/c1-7-6-9(10-4-3-5-14-10)8(2)11(13)12(7)15/h6,10,14-15H,3-5H2,1-2H3. The lowest BCUT2D eigenvalue weighted by Crippen LogP contribution is -2.14. The van der Waals surface area contributed by atoms with Gasteiger partial charge in [0.15, 0.2) is 0 Å². The van der Waals surface area contributed by atoms with Crippen LogP contribution >= 0.6 is 15.9 Å². The number of aromatic hydroxyl groups is 1. The molecular formula is C12H16BrNO. The van der Waals surface area contributed by atoms with Gasteiger partial charge >= 0.3 is 0 Å². The molecule has 0 aliphatic carbocycles. The van der Waals surface area contributed by atoms with Crippen LogP contribution in [0.25, 0.3) is 0 Å². The van der Waals surface area contributed by atoms with Crippen molar-refractivity contribution in [2.24, 2.45) is 0 Å². The first-order valence-corrected chi connectivity index (χ1v) is 6.12. The van der Waals surface area contributed by atoms with Crippen molar-refractivity contribution in [1.82, 2.24) is 5.32 Å². The van der Waals surface area contributed by atoms with Gasteiger partial charge in [0.1, 0.15) is 5.75 Å². The summed E-state index contributed by atoms with van der Waals surface area (Å²) in [5.41, 5.74) is 3.41. The van der Waals surface area contributed by atoms with Crippen LogP contribution in [0, 0.1) is 13.8 Å². The van der Waals surface area contributed by atoms with E-state index in [9.17, 15) is 5.11 Å². The minimum Gasteiger partial charge on any atom is -0.506 e. The fourth-order valence-corrected chi connectivity index (χ4v) is 2.74. The van der Waals surface area contributed by atoms with E-state index in [0.29, 0.717) is 11.8 Å². The summed E-state index contributed by atoms with van der Waals surface area (Å²) in [5, 5.41) is 13.3. The predicted molar refractivity (Wildman–Crippen MR) is 65.3 cm³/mol. The molecule has 15 heavy (non-hydrogen) atoms. The Morgan fingerprint density at radius 1 is 1.47 bits per heavy atom. The summed E-state index contributed by atoms with van der Waals surface area (Å²) in [7, 11) is 0. The number of rotatable bonds is 1. The van der Waals surface area contributed by atoms with E-state index in [1.807, 2.05) is 6.92 Å². The largest absolute Gasteiger partial charge is 0.506 e. The van der Waals surface area contributed by atoms with Gasteiger partial charge in [-0.1, -0.05) is 6.07 Å². The van der Waals surface area contributed by atoms with Gasteiger partial charge in [-0.15, -0.1) is 0 Å². The van der Waals surface area contributed by atoms with Crippen LogP contribution in [0.15, 0.2) is 10.5 Å². The minimum absolute atomic E-state index is 0.370. The molecule has 1 aliphatic heterocycles. The number of hydrogen-bond donors (Lipinski definition) is 2. The molecule has 1 atom stereocenters. The van der Waals surface area contributed by atoms with Crippen molar-refractivity contribution in [3.05, 3.63) is 27.2 Å². The van der Waals surface area contributed by atoms with Crippen LogP contribution in [-0.2, 0) is 0 Å². The van der Waals surface area contributed by atoms with Gasteiger partial charge in [0.2, 0.25) is 0 Å². The maximum atomic E-state index is 9.79. The Bertz CT molecular complexity index is 384. The fourth-order valence-electron chi connectivity index (χ4n) is 2.20. The van der Waals surface area contributed by atoms with Gasteiger partial charge in [0.05, 0.1) is 4.47 Å². The molecule has 1 fully saturated rings. The van der Waals surface area contributed by atoms with Gasteiger partial charge in [-0.3, -0.25) is 0 Å². The van der Waals surface area contributed by atoms with E-state index < -0.39 is 0 Å². The first kappa shape index (κ1) is 11.0. The first-order valence-electron chi connectivity index (χ1n) is 5.33. The normalized spacial score (nSPS) is 20.9. The number of aryl methyl sites for hydroxylation is 1. The van der Waals surface area contributed by atoms with Gasteiger partial charge in [-0.2, -0.15) is 0 Å². The minimum atomic E-state index is 0.370. The van der Waals surface area contributed by atoms with Crippen LogP contribution in [0.4, 0.5) is 0 Å². The van der Waals surface area contributed by atoms with Gasteiger partial charge in [0.25, 0.3) is 0 Å². The molecule has 1 saturated heterocycles. The molecule has 2 N–H and O–H groups in total. The Morgan fingerprint density at radius 2 is 2.20 bits per heavy atom. The van der Waals surface area contributed by atoms with Crippen molar-refractivity contribution >= 4 is 15.9 Å². The van der Waals surface area contributed by atoms with Gasteiger partial charge in [-0.05, 0) is 65.9 Å². The first-order chi connectivity index (χ1) is 7.11. The highest BCUT2D eigenvalue weighted by Gasteiger charge is 2.20. The summed E-state index contributed by atoms with van der Waals surface area (Å²) < 4.78 is 0.839. The highest BCUT2D eigenvalue weighted by atomic mass is 79.9. The van der Waals surface area contributed by atoms with Crippen molar-refractivity contribution in [3.63, 3.8) is 0 Å². The number of halogens is 1. The topological polar surface area (TPSA) is 32.3 Å². The molecule has 1 aliphatic rings. The summed E-state index contributed by atoms with van der Waals surface area (Å²) in [4.78, 5) is 0. The fraction of sp³-hybridized carbons (Fsp3) is 0.500. The quantitative estimate of drug-likeness (QED) is 0.821. The smallest absolute Gasteiger partial charge is 0.132 e. The molecule has 1 unspecified atom stereocenters. The summed E-state index contributed by atoms with van der Waals surface area (Å²) in [6, 6.07) is 2.55. The van der Waals surface area contributed by atoms with E-state index in [0.717, 1.165) is 22.1 Å². The van der Waals surface area contributed by atoms with Crippen molar-refractivity contribution < 1.29 is 5.11 Å². The molecule has 1 aromatic carbocycles. The Labute approximate surface area is 98.8 Å². The van der Waals surface area contributed by atoms with Crippen LogP contribution < -0.4 is 5.32 Å². The summed E-state index contributed by atoms with van der Waals surface area (Å²) in [5.74, 6) is 0.370. The maximum Gasteiger partial charge on any atom is 0.132 e. The van der Waals surface area contributed by atoms with Gasteiger partial charge in [-0.25, -0.2) is 0 Å². The van der Waals surface area contributed by atoms with Crippen LogP contribution in [0.2, 0.25) is 0 Å². The van der Waals surface area contributed by atoms with Gasteiger partial charge in [0, 0.05) is 6.04 Å². The number of phenols is 1. The molecule has 0 amide bonds. The average Bonchev–Trinajstić information content (AvgIpc) is 2.73. The molecule has 1 heterocycles. The molecule has 3 heteroatoms. The van der Waals surface area contributed by atoms with E-state index in [2.05, 4.69) is 34.2 Å². The molecule has 1 aromatic rings. The van der Waals surface area contributed by atoms with Crippen LogP contribution in [0.1, 0.15) is 35.6 Å². The molecule has 0 aromatic heterocycles. The zero-order valence-corrected chi connectivity index (χ0v) is 10.7. The number of benzene rings is 1. The molecule has 82 valence electrons. The highest BCUT2D eigenvalue weighted by molar-refractivity contribution is 9.10. The Morgan fingerprint density at radius 3 is 2.80 bits per heavy atom. The molecule has 2 rings (SSSR count). The van der Waals surface area contributed by atoms with E-state index >= 15 is 0 Å². The zero-order chi connectivity index (χ0) is 11.0. The van der Waals surface area contributed by atoms with Crippen LogP contribution in [0.3, 0.4) is 0 Å². The predicted octanol–water partition coefficient (Wildman–Crippen LogP) is 3.20. The third kappa shape index (κ3) is 1.91. The SMILES string of the molecule is Cc1cc(C2CCCN2)c(C)c(Br)c1O. The zero-order valence-electron chi connectivity index (χ0n) is 9.10. The lowest BCUT2D eigenvalue weighted by molar-refractivity contribution is 0.466. The number of phenolic OH excluding ortho intramolecular Hbond substituents is 1. The highest BCUT2D eigenvalue weighted by Crippen LogP contribution is 2.37. The van der Waals surface area contributed by atoms with E-state index in [1.165, 1.54) is 18.4 Å². The summed E-state index contributed by atoms with van der Waals surface area (Å²) >= 11 is 3.45. The Hall–Kier alpha value is -0.540. The van der Waals surface area contributed by atoms with Crippen molar-refractivity contribution in [3.8, 4) is 5.75 Å². The third-order valence-corrected chi connectivity index (χ3v) is 4.12. The summed E-state index contributed by atoms with van der Waals surface area (Å²) in [6.45, 7) is 5.10. The lowest BCUT2D eigenvalue weighted by Gasteiger charge is -2.17. The van der Waals surface area contributed by atoms with E-state index in [1.54, 1.807) is 0 Å². The Balaban J connectivity index is 2.47. The van der Waals surface area contributed by atoms with Gasteiger partial charge < -0.3 is 10.4 Å². The van der Waals surface area contributed by atoms with Crippen molar-refractivity contribution in [2.45, 2.75) is 32.7 Å². The molecule has 0 saturated carbocycles. The second kappa shape index (κ2) is 4.14. The van der Waals surface area contributed by atoms with Crippen molar-refractivity contribution in [1.29, 1.82) is 0 Å². The second-order valence-corrected chi connectivity index (χ2v) is 5.01. The molecule has 0 spiro atoms. The number of nitrogens with one attached hydrogen (secondary N) is 1. The molecule has 2 nitrogen and oxygen atoms in total. The van der Waals surface area contributed by atoms with E-state index in [-0.39, 0.29) is 0 Å².